The predicted molar refractivity (Wildman–Crippen MR) is 88.7 cm³/mol. The van der Waals surface area contributed by atoms with Gasteiger partial charge in [-0.05, 0) is 35.9 Å². The molecule has 0 saturated heterocycles. The van der Waals surface area contributed by atoms with Gasteiger partial charge in [0, 0.05) is 38.9 Å². The van der Waals surface area contributed by atoms with Crippen LogP contribution in [0.1, 0.15) is 11.1 Å². The number of methoxy groups -OCH3 is 2. The average Bonchev–Trinajstić information content (AvgIpc) is 2.55. The zero-order valence-electron chi connectivity index (χ0n) is 13.6. The van der Waals surface area contributed by atoms with E-state index in [2.05, 4.69) is 16.4 Å². The van der Waals surface area contributed by atoms with Crippen LogP contribution in [-0.2, 0) is 13.1 Å². The molecule has 1 N–H and O–H groups in total. The van der Waals surface area contributed by atoms with E-state index in [1.807, 2.05) is 49.5 Å². The third-order valence-corrected chi connectivity index (χ3v) is 3.40. The van der Waals surface area contributed by atoms with Crippen molar-refractivity contribution < 1.29 is 9.47 Å². The van der Waals surface area contributed by atoms with Crippen LogP contribution in [0.5, 0.6) is 11.5 Å². The number of nitrogens with zero attached hydrogens (tertiary/aromatic N) is 2. The van der Waals surface area contributed by atoms with E-state index in [1.165, 1.54) is 5.56 Å². The van der Waals surface area contributed by atoms with Gasteiger partial charge in [0.1, 0.15) is 17.3 Å². The monoisotopic (exact) mass is 301 g/mol. The Kier molecular flexibility index (Phi) is 5.61. The summed E-state index contributed by atoms with van der Waals surface area (Å²) in [5.41, 5.74) is 2.27. The lowest BCUT2D eigenvalue weighted by Crippen LogP contribution is -2.15. The van der Waals surface area contributed by atoms with Crippen molar-refractivity contribution in [3.8, 4) is 11.5 Å². The second kappa shape index (κ2) is 7.66. The van der Waals surface area contributed by atoms with Crippen LogP contribution >= 0.6 is 0 Å². The zero-order valence-corrected chi connectivity index (χ0v) is 13.6. The first-order valence-corrected chi connectivity index (χ1v) is 7.18. The van der Waals surface area contributed by atoms with Gasteiger partial charge in [-0.15, -0.1) is 0 Å². The summed E-state index contributed by atoms with van der Waals surface area (Å²) < 4.78 is 10.6. The third-order valence-electron chi connectivity index (χ3n) is 3.40. The molecule has 1 aromatic carbocycles. The Morgan fingerprint density at radius 3 is 2.55 bits per heavy atom. The molecule has 0 saturated carbocycles. The summed E-state index contributed by atoms with van der Waals surface area (Å²) in [6.45, 7) is 1.48. The minimum atomic E-state index is 0.708. The summed E-state index contributed by atoms with van der Waals surface area (Å²) in [4.78, 5) is 6.31. The van der Waals surface area contributed by atoms with Crippen molar-refractivity contribution in [1.29, 1.82) is 0 Å². The number of benzene rings is 1. The standard InChI is InChI=1S/C17H23N3O2/c1-20(2)17-9-13(7-8-19-17)11-18-12-14-10-15(21-3)5-6-16(14)22-4/h5-10,18H,11-12H2,1-4H3. The summed E-state index contributed by atoms with van der Waals surface area (Å²) >= 11 is 0. The lowest BCUT2D eigenvalue weighted by molar-refractivity contribution is 0.397. The third kappa shape index (κ3) is 4.11. The van der Waals surface area contributed by atoms with Crippen molar-refractivity contribution in [2.75, 3.05) is 33.2 Å². The van der Waals surface area contributed by atoms with E-state index in [4.69, 9.17) is 9.47 Å². The molecule has 0 bridgehead atoms. The summed E-state index contributed by atoms with van der Waals surface area (Å²) in [5.74, 6) is 2.65. The maximum absolute atomic E-state index is 5.39. The Bertz CT molecular complexity index is 615. The molecule has 0 aliphatic rings. The maximum atomic E-state index is 5.39. The fraction of sp³-hybridized carbons (Fsp3) is 0.353. The molecule has 5 heteroatoms. The van der Waals surface area contributed by atoms with E-state index < -0.39 is 0 Å². The van der Waals surface area contributed by atoms with Crippen molar-refractivity contribution >= 4 is 5.82 Å². The molecule has 0 aliphatic carbocycles. The molecule has 5 nitrogen and oxygen atoms in total. The van der Waals surface area contributed by atoms with Gasteiger partial charge >= 0.3 is 0 Å². The van der Waals surface area contributed by atoms with Gasteiger partial charge < -0.3 is 19.7 Å². The Balaban J connectivity index is 2.00. The van der Waals surface area contributed by atoms with E-state index in [-0.39, 0.29) is 0 Å². The van der Waals surface area contributed by atoms with Gasteiger partial charge in [-0.2, -0.15) is 0 Å². The largest absolute Gasteiger partial charge is 0.497 e. The Morgan fingerprint density at radius 1 is 1.05 bits per heavy atom. The number of hydrogen-bond donors (Lipinski definition) is 1. The smallest absolute Gasteiger partial charge is 0.128 e. The summed E-state index contributed by atoms with van der Waals surface area (Å²) in [5, 5.41) is 3.43. The van der Waals surface area contributed by atoms with E-state index in [0.29, 0.717) is 6.54 Å². The minimum absolute atomic E-state index is 0.708. The van der Waals surface area contributed by atoms with Crippen LogP contribution in [0.2, 0.25) is 0 Å². The highest BCUT2D eigenvalue weighted by atomic mass is 16.5. The number of anilines is 1. The van der Waals surface area contributed by atoms with Crippen LogP contribution in [0, 0.1) is 0 Å². The lowest BCUT2D eigenvalue weighted by Gasteiger charge is -2.13. The number of aromatic nitrogens is 1. The molecule has 0 radical (unpaired) electrons. The highest BCUT2D eigenvalue weighted by Crippen LogP contribution is 2.23. The molecule has 0 amide bonds. The molecule has 2 rings (SSSR count). The quantitative estimate of drug-likeness (QED) is 0.851. The second-order valence-electron chi connectivity index (χ2n) is 5.20. The number of nitrogens with one attached hydrogen (secondary N) is 1. The number of pyridine rings is 1. The highest BCUT2D eigenvalue weighted by Gasteiger charge is 2.05. The fourth-order valence-electron chi connectivity index (χ4n) is 2.18. The van der Waals surface area contributed by atoms with Crippen molar-refractivity contribution in [3.63, 3.8) is 0 Å². The molecular weight excluding hydrogens is 278 g/mol. The molecule has 2 aromatic rings. The SMILES string of the molecule is COc1ccc(OC)c(CNCc2ccnc(N(C)C)c2)c1. The van der Waals surface area contributed by atoms with E-state index >= 15 is 0 Å². The van der Waals surface area contributed by atoms with Gasteiger partial charge in [-0.1, -0.05) is 0 Å². The summed E-state index contributed by atoms with van der Waals surface area (Å²) in [6.07, 6.45) is 1.83. The molecule has 0 unspecified atom stereocenters. The van der Waals surface area contributed by atoms with Gasteiger partial charge in [0.2, 0.25) is 0 Å². The number of hydrogen-bond acceptors (Lipinski definition) is 5. The lowest BCUT2D eigenvalue weighted by atomic mass is 10.1. The van der Waals surface area contributed by atoms with Gasteiger partial charge in [-0.3, -0.25) is 0 Å². The Hall–Kier alpha value is -2.27. The molecule has 0 atom stereocenters. The molecule has 118 valence electrons. The van der Waals surface area contributed by atoms with Gasteiger partial charge in [0.15, 0.2) is 0 Å². The molecule has 1 heterocycles. The van der Waals surface area contributed by atoms with E-state index in [9.17, 15) is 0 Å². The van der Waals surface area contributed by atoms with Crippen LogP contribution < -0.4 is 19.7 Å². The van der Waals surface area contributed by atoms with Crippen LogP contribution in [-0.4, -0.2) is 33.3 Å². The first kappa shape index (κ1) is 16.1. The van der Waals surface area contributed by atoms with Crippen molar-refractivity contribution in [2.45, 2.75) is 13.1 Å². The van der Waals surface area contributed by atoms with Crippen molar-refractivity contribution in [1.82, 2.24) is 10.3 Å². The highest BCUT2D eigenvalue weighted by molar-refractivity contribution is 5.41. The van der Waals surface area contributed by atoms with Crippen LogP contribution in [0.15, 0.2) is 36.5 Å². The van der Waals surface area contributed by atoms with Crippen LogP contribution in [0.3, 0.4) is 0 Å². The van der Waals surface area contributed by atoms with Gasteiger partial charge in [0.05, 0.1) is 14.2 Å². The van der Waals surface area contributed by atoms with Gasteiger partial charge in [0.25, 0.3) is 0 Å². The predicted octanol–water partition coefficient (Wildman–Crippen LogP) is 2.45. The average molecular weight is 301 g/mol. The number of ether oxygens (including phenoxy) is 2. The summed E-state index contributed by atoms with van der Waals surface area (Å²) in [6, 6.07) is 9.91. The van der Waals surface area contributed by atoms with Crippen LogP contribution in [0.25, 0.3) is 0 Å². The van der Waals surface area contributed by atoms with Crippen molar-refractivity contribution in [2.24, 2.45) is 0 Å². The normalized spacial score (nSPS) is 10.4. The van der Waals surface area contributed by atoms with Gasteiger partial charge in [-0.25, -0.2) is 4.98 Å². The second-order valence-corrected chi connectivity index (χ2v) is 5.20. The first-order chi connectivity index (χ1) is 10.6. The molecule has 0 aliphatic heterocycles. The van der Waals surface area contributed by atoms with E-state index in [0.717, 1.165) is 29.4 Å². The Labute approximate surface area is 131 Å². The Morgan fingerprint density at radius 2 is 1.86 bits per heavy atom. The molecule has 22 heavy (non-hydrogen) atoms. The van der Waals surface area contributed by atoms with Crippen molar-refractivity contribution in [3.05, 3.63) is 47.7 Å². The number of rotatable bonds is 7. The molecular formula is C17H23N3O2. The maximum Gasteiger partial charge on any atom is 0.128 e. The molecule has 1 aromatic heterocycles. The first-order valence-electron chi connectivity index (χ1n) is 7.18. The molecule has 0 spiro atoms. The van der Waals surface area contributed by atoms with E-state index in [1.54, 1.807) is 14.2 Å². The molecule has 0 fully saturated rings. The zero-order chi connectivity index (χ0) is 15.9. The summed E-state index contributed by atoms with van der Waals surface area (Å²) in [7, 11) is 7.32. The fourth-order valence-corrected chi connectivity index (χ4v) is 2.18. The minimum Gasteiger partial charge on any atom is -0.497 e. The topological polar surface area (TPSA) is 46.6 Å². The van der Waals surface area contributed by atoms with Crippen LogP contribution in [0.4, 0.5) is 5.82 Å².